The number of para-hydroxylation sites is 1. The number of carbonyl (C=O) groups is 2. The molecular formula is C15H14N2O2S. The van der Waals surface area contributed by atoms with E-state index in [1.807, 2.05) is 35.0 Å². The smallest absolute Gasteiger partial charge is 0.255 e. The Kier molecular flexibility index (Phi) is 3.28. The molecule has 0 fully saturated rings. The van der Waals surface area contributed by atoms with E-state index in [2.05, 4.69) is 5.32 Å². The van der Waals surface area contributed by atoms with Crippen LogP contribution in [0.2, 0.25) is 0 Å². The molecule has 1 N–H and O–H groups in total. The first-order chi connectivity index (χ1) is 9.66. The zero-order valence-corrected chi connectivity index (χ0v) is 11.8. The van der Waals surface area contributed by atoms with Crippen LogP contribution in [-0.2, 0) is 11.3 Å². The van der Waals surface area contributed by atoms with Gasteiger partial charge in [0.05, 0.1) is 5.56 Å². The summed E-state index contributed by atoms with van der Waals surface area (Å²) in [4.78, 5) is 26.3. The second-order valence-electron chi connectivity index (χ2n) is 4.77. The van der Waals surface area contributed by atoms with Gasteiger partial charge < -0.3 is 10.2 Å². The van der Waals surface area contributed by atoms with Gasteiger partial charge in [0.25, 0.3) is 5.91 Å². The van der Waals surface area contributed by atoms with E-state index in [0.717, 1.165) is 11.3 Å². The SMILES string of the molecule is CC1C(=O)Nc2ccccc2CN1C(=O)c1ccsc1. The molecule has 3 rings (SSSR count). The predicted molar refractivity (Wildman–Crippen MR) is 78.7 cm³/mol. The first-order valence-electron chi connectivity index (χ1n) is 6.39. The summed E-state index contributed by atoms with van der Waals surface area (Å²) in [6.45, 7) is 2.19. The molecular weight excluding hydrogens is 272 g/mol. The number of benzene rings is 1. The molecule has 1 atom stereocenters. The lowest BCUT2D eigenvalue weighted by Gasteiger charge is -2.25. The number of carbonyl (C=O) groups excluding carboxylic acids is 2. The molecule has 1 aromatic carbocycles. The van der Waals surface area contributed by atoms with Crippen LogP contribution in [0.15, 0.2) is 41.1 Å². The summed E-state index contributed by atoms with van der Waals surface area (Å²) in [6, 6.07) is 8.87. The number of anilines is 1. The van der Waals surface area contributed by atoms with Crippen LogP contribution < -0.4 is 5.32 Å². The van der Waals surface area contributed by atoms with E-state index in [1.165, 1.54) is 11.3 Å². The summed E-state index contributed by atoms with van der Waals surface area (Å²) in [7, 11) is 0. The van der Waals surface area contributed by atoms with Crippen LogP contribution in [0.25, 0.3) is 0 Å². The monoisotopic (exact) mass is 286 g/mol. The third-order valence-electron chi connectivity index (χ3n) is 3.49. The van der Waals surface area contributed by atoms with Gasteiger partial charge in [0, 0.05) is 17.6 Å². The Morgan fingerprint density at radius 3 is 2.90 bits per heavy atom. The van der Waals surface area contributed by atoms with Gasteiger partial charge in [0.1, 0.15) is 6.04 Å². The Balaban J connectivity index is 1.98. The standard InChI is InChI=1S/C15H14N2O2S/c1-10-14(18)16-13-5-3-2-4-11(13)8-17(10)15(19)12-6-7-20-9-12/h2-7,9-10H,8H2,1H3,(H,16,18). The van der Waals surface area contributed by atoms with Crippen molar-refractivity contribution in [2.24, 2.45) is 0 Å². The van der Waals surface area contributed by atoms with Gasteiger partial charge in [0.2, 0.25) is 5.91 Å². The van der Waals surface area contributed by atoms with E-state index in [0.29, 0.717) is 12.1 Å². The molecule has 5 heteroatoms. The van der Waals surface area contributed by atoms with Gasteiger partial charge in [-0.3, -0.25) is 9.59 Å². The Morgan fingerprint density at radius 2 is 2.15 bits per heavy atom. The van der Waals surface area contributed by atoms with E-state index in [1.54, 1.807) is 17.9 Å². The minimum absolute atomic E-state index is 0.106. The molecule has 0 aliphatic carbocycles. The fraction of sp³-hybridized carbons (Fsp3) is 0.200. The molecule has 2 aromatic rings. The molecule has 4 nitrogen and oxygen atoms in total. The van der Waals surface area contributed by atoms with Crippen molar-refractivity contribution in [2.75, 3.05) is 5.32 Å². The van der Waals surface area contributed by atoms with E-state index in [9.17, 15) is 9.59 Å². The van der Waals surface area contributed by atoms with E-state index in [-0.39, 0.29) is 11.8 Å². The molecule has 2 heterocycles. The van der Waals surface area contributed by atoms with Crippen LogP contribution in [0, 0.1) is 0 Å². The maximum atomic E-state index is 12.5. The highest BCUT2D eigenvalue weighted by Crippen LogP contribution is 2.24. The number of hydrogen-bond donors (Lipinski definition) is 1. The van der Waals surface area contributed by atoms with Crippen molar-refractivity contribution in [3.8, 4) is 0 Å². The zero-order valence-electron chi connectivity index (χ0n) is 11.0. The number of rotatable bonds is 1. The van der Waals surface area contributed by atoms with Crippen molar-refractivity contribution < 1.29 is 9.59 Å². The minimum Gasteiger partial charge on any atom is -0.324 e. The van der Waals surface area contributed by atoms with Crippen LogP contribution in [0.3, 0.4) is 0 Å². The molecule has 0 bridgehead atoms. The first-order valence-corrected chi connectivity index (χ1v) is 7.33. The van der Waals surface area contributed by atoms with Gasteiger partial charge in [-0.05, 0) is 30.0 Å². The lowest BCUT2D eigenvalue weighted by Crippen LogP contribution is -2.43. The maximum Gasteiger partial charge on any atom is 0.255 e. The predicted octanol–water partition coefficient (Wildman–Crippen LogP) is 2.73. The van der Waals surface area contributed by atoms with Gasteiger partial charge in [-0.15, -0.1) is 0 Å². The van der Waals surface area contributed by atoms with Crippen molar-refractivity contribution in [1.82, 2.24) is 4.90 Å². The summed E-state index contributed by atoms with van der Waals surface area (Å²) < 4.78 is 0. The Morgan fingerprint density at radius 1 is 1.35 bits per heavy atom. The van der Waals surface area contributed by atoms with E-state index >= 15 is 0 Å². The van der Waals surface area contributed by atoms with Crippen molar-refractivity contribution in [2.45, 2.75) is 19.5 Å². The fourth-order valence-electron chi connectivity index (χ4n) is 2.28. The third kappa shape index (κ3) is 2.20. The number of nitrogens with zero attached hydrogens (tertiary/aromatic N) is 1. The average molecular weight is 286 g/mol. The van der Waals surface area contributed by atoms with Crippen molar-refractivity contribution in [3.63, 3.8) is 0 Å². The highest BCUT2D eigenvalue weighted by molar-refractivity contribution is 7.08. The third-order valence-corrected chi connectivity index (χ3v) is 4.18. The largest absolute Gasteiger partial charge is 0.324 e. The van der Waals surface area contributed by atoms with E-state index in [4.69, 9.17) is 0 Å². The summed E-state index contributed by atoms with van der Waals surface area (Å²) in [6.07, 6.45) is 0. The summed E-state index contributed by atoms with van der Waals surface area (Å²) in [5, 5.41) is 6.55. The molecule has 102 valence electrons. The molecule has 0 spiro atoms. The average Bonchev–Trinajstić information content (AvgIpc) is 2.95. The van der Waals surface area contributed by atoms with Crippen molar-refractivity contribution in [3.05, 3.63) is 52.2 Å². The van der Waals surface area contributed by atoms with Crippen LogP contribution in [0.4, 0.5) is 5.69 Å². The molecule has 1 aliphatic rings. The molecule has 0 radical (unpaired) electrons. The van der Waals surface area contributed by atoms with Crippen LogP contribution in [0.5, 0.6) is 0 Å². The fourth-order valence-corrected chi connectivity index (χ4v) is 2.91. The second-order valence-corrected chi connectivity index (χ2v) is 5.55. The van der Waals surface area contributed by atoms with Gasteiger partial charge in [-0.1, -0.05) is 18.2 Å². The molecule has 0 saturated heterocycles. The number of amides is 2. The summed E-state index contributed by atoms with van der Waals surface area (Å²) >= 11 is 1.48. The number of hydrogen-bond acceptors (Lipinski definition) is 3. The van der Waals surface area contributed by atoms with Gasteiger partial charge in [-0.2, -0.15) is 11.3 Å². The molecule has 1 aliphatic heterocycles. The topological polar surface area (TPSA) is 49.4 Å². The normalized spacial score (nSPS) is 18.1. The number of fused-ring (bicyclic) bond motifs is 1. The van der Waals surface area contributed by atoms with Gasteiger partial charge >= 0.3 is 0 Å². The minimum atomic E-state index is -0.491. The van der Waals surface area contributed by atoms with Gasteiger partial charge in [-0.25, -0.2) is 0 Å². The lowest BCUT2D eigenvalue weighted by molar-refractivity contribution is -0.119. The van der Waals surface area contributed by atoms with Crippen LogP contribution in [-0.4, -0.2) is 22.8 Å². The maximum absolute atomic E-state index is 12.5. The second kappa shape index (κ2) is 5.09. The highest BCUT2D eigenvalue weighted by atomic mass is 32.1. The first kappa shape index (κ1) is 12.9. The Hall–Kier alpha value is -2.14. The van der Waals surface area contributed by atoms with E-state index < -0.39 is 6.04 Å². The van der Waals surface area contributed by atoms with Crippen molar-refractivity contribution in [1.29, 1.82) is 0 Å². The zero-order chi connectivity index (χ0) is 14.1. The Bertz CT molecular complexity index is 652. The van der Waals surface area contributed by atoms with Gasteiger partial charge in [0.15, 0.2) is 0 Å². The molecule has 1 unspecified atom stereocenters. The van der Waals surface area contributed by atoms with Crippen LogP contribution in [0.1, 0.15) is 22.8 Å². The van der Waals surface area contributed by atoms with Crippen LogP contribution >= 0.6 is 11.3 Å². The molecule has 0 saturated carbocycles. The lowest BCUT2D eigenvalue weighted by atomic mass is 10.1. The highest BCUT2D eigenvalue weighted by Gasteiger charge is 2.30. The molecule has 1 aromatic heterocycles. The number of nitrogens with one attached hydrogen (secondary N) is 1. The summed E-state index contributed by atoms with van der Waals surface area (Å²) in [5.41, 5.74) is 2.37. The van der Waals surface area contributed by atoms with Crippen molar-refractivity contribution >= 4 is 28.8 Å². The molecule has 2 amide bonds. The Labute approximate surface area is 121 Å². The number of thiophene rings is 1. The summed E-state index contributed by atoms with van der Waals surface area (Å²) in [5.74, 6) is -0.260. The quantitative estimate of drug-likeness (QED) is 0.876. The molecule has 20 heavy (non-hydrogen) atoms.